The summed E-state index contributed by atoms with van der Waals surface area (Å²) in [6.07, 6.45) is 1.49. The van der Waals surface area contributed by atoms with E-state index in [1.54, 1.807) is 30.3 Å². The summed E-state index contributed by atoms with van der Waals surface area (Å²) in [4.78, 5) is 23.7. The highest BCUT2D eigenvalue weighted by atomic mass is 35.5. The van der Waals surface area contributed by atoms with E-state index in [0.29, 0.717) is 16.9 Å². The average molecular weight is 408 g/mol. The quantitative estimate of drug-likeness (QED) is 0.454. The number of pyridine rings is 1. The lowest BCUT2D eigenvalue weighted by Crippen LogP contribution is -2.13. The van der Waals surface area contributed by atoms with Crippen molar-refractivity contribution in [3.63, 3.8) is 0 Å². The summed E-state index contributed by atoms with van der Waals surface area (Å²) in [7, 11) is 0. The van der Waals surface area contributed by atoms with Crippen LogP contribution in [0.1, 0.15) is 10.5 Å². The normalized spacial score (nSPS) is 10.7. The first-order valence-corrected chi connectivity index (χ1v) is 9.03. The molecule has 2 aromatic heterocycles. The van der Waals surface area contributed by atoms with Crippen LogP contribution < -0.4 is 11.1 Å². The lowest BCUT2D eigenvalue weighted by atomic mass is 10.2. The standard InChI is InChI=1S/C21H15ClFN5O/c22-14-7-4-8-15(23)17(14)20-27-18(19(24)28-20)12-9-10-16(25-11-12)21(29)26-13-5-2-1-3-6-13/h1-11H,24H2,(H,26,29)(H,27,28). The van der Waals surface area contributed by atoms with E-state index in [0.717, 1.165) is 0 Å². The zero-order valence-corrected chi connectivity index (χ0v) is 15.7. The van der Waals surface area contributed by atoms with Crippen molar-refractivity contribution in [1.29, 1.82) is 0 Å². The van der Waals surface area contributed by atoms with Crippen LogP contribution in [0, 0.1) is 5.82 Å². The molecule has 0 atom stereocenters. The molecule has 8 heteroatoms. The first-order valence-electron chi connectivity index (χ1n) is 8.65. The molecule has 0 fully saturated rings. The van der Waals surface area contributed by atoms with E-state index in [-0.39, 0.29) is 33.8 Å². The Bertz CT molecular complexity index is 1160. The van der Waals surface area contributed by atoms with E-state index in [2.05, 4.69) is 20.3 Å². The van der Waals surface area contributed by atoms with Gasteiger partial charge in [-0.2, -0.15) is 0 Å². The molecule has 29 heavy (non-hydrogen) atoms. The number of nitrogens with one attached hydrogen (secondary N) is 2. The maximum Gasteiger partial charge on any atom is 0.274 e. The zero-order valence-electron chi connectivity index (χ0n) is 15.0. The van der Waals surface area contributed by atoms with E-state index in [9.17, 15) is 9.18 Å². The summed E-state index contributed by atoms with van der Waals surface area (Å²) in [5, 5.41) is 2.98. The zero-order chi connectivity index (χ0) is 20.4. The van der Waals surface area contributed by atoms with Crippen LogP contribution in [0.2, 0.25) is 5.02 Å². The van der Waals surface area contributed by atoms with Gasteiger partial charge in [-0.05, 0) is 36.4 Å². The largest absolute Gasteiger partial charge is 0.383 e. The molecule has 6 nitrogen and oxygen atoms in total. The molecule has 0 aliphatic heterocycles. The molecule has 0 aliphatic rings. The molecule has 144 valence electrons. The number of rotatable bonds is 4. The predicted molar refractivity (Wildman–Crippen MR) is 111 cm³/mol. The second-order valence-corrected chi connectivity index (χ2v) is 6.60. The molecule has 0 bridgehead atoms. The van der Waals surface area contributed by atoms with Crippen LogP contribution >= 0.6 is 11.6 Å². The van der Waals surface area contributed by atoms with Crippen LogP contribution in [0.25, 0.3) is 22.6 Å². The fourth-order valence-electron chi connectivity index (χ4n) is 2.83. The van der Waals surface area contributed by atoms with Gasteiger partial charge in [0, 0.05) is 17.4 Å². The van der Waals surface area contributed by atoms with Gasteiger partial charge in [-0.15, -0.1) is 0 Å². The topological polar surface area (TPSA) is 96.7 Å². The number of halogens is 2. The maximum absolute atomic E-state index is 14.2. The Morgan fingerprint density at radius 3 is 2.55 bits per heavy atom. The van der Waals surface area contributed by atoms with Crippen molar-refractivity contribution in [1.82, 2.24) is 15.0 Å². The van der Waals surface area contributed by atoms with E-state index in [1.807, 2.05) is 18.2 Å². The number of aromatic nitrogens is 3. The third-order valence-electron chi connectivity index (χ3n) is 4.23. The number of imidazole rings is 1. The molecule has 4 rings (SSSR count). The fraction of sp³-hybridized carbons (Fsp3) is 0. The third-order valence-corrected chi connectivity index (χ3v) is 4.55. The Kier molecular flexibility index (Phi) is 4.97. The summed E-state index contributed by atoms with van der Waals surface area (Å²) in [5.41, 5.74) is 8.04. The van der Waals surface area contributed by atoms with E-state index < -0.39 is 5.82 Å². The molecule has 2 heterocycles. The Hall–Kier alpha value is -3.71. The SMILES string of the molecule is Nc1[nH]c(-c2c(F)cccc2Cl)nc1-c1ccc(C(=O)Nc2ccccc2)nc1. The molecule has 0 spiro atoms. The molecule has 4 aromatic rings. The van der Waals surface area contributed by atoms with Crippen molar-refractivity contribution >= 4 is 29.0 Å². The van der Waals surface area contributed by atoms with E-state index in [4.69, 9.17) is 17.3 Å². The number of H-pyrrole nitrogens is 1. The summed E-state index contributed by atoms with van der Waals surface area (Å²) in [5.74, 6) is -0.394. The number of amides is 1. The Morgan fingerprint density at radius 1 is 1.07 bits per heavy atom. The van der Waals surface area contributed by atoms with Crippen molar-refractivity contribution < 1.29 is 9.18 Å². The fourth-order valence-corrected chi connectivity index (χ4v) is 3.09. The summed E-state index contributed by atoms with van der Waals surface area (Å²) in [6, 6.07) is 16.7. The number of benzene rings is 2. The molecular formula is C21H15ClFN5O. The van der Waals surface area contributed by atoms with Gasteiger partial charge in [0.05, 0.1) is 10.6 Å². The molecular weight excluding hydrogens is 393 g/mol. The van der Waals surface area contributed by atoms with Gasteiger partial charge < -0.3 is 16.0 Å². The molecule has 1 amide bonds. The molecule has 0 aliphatic carbocycles. The lowest BCUT2D eigenvalue weighted by Gasteiger charge is -2.05. The second-order valence-electron chi connectivity index (χ2n) is 6.20. The van der Waals surface area contributed by atoms with Gasteiger partial charge in [-0.25, -0.2) is 9.37 Å². The molecule has 2 aromatic carbocycles. The highest BCUT2D eigenvalue weighted by Gasteiger charge is 2.17. The summed E-state index contributed by atoms with van der Waals surface area (Å²) >= 11 is 6.10. The number of hydrogen-bond donors (Lipinski definition) is 3. The van der Waals surface area contributed by atoms with E-state index in [1.165, 1.54) is 18.3 Å². The van der Waals surface area contributed by atoms with Gasteiger partial charge in [-0.1, -0.05) is 35.9 Å². The molecule has 0 unspecified atom stereocenters. The van der Waals surface area contributed by atoms with Gasteiger partial charge in [0.15, 0.2) is 0 Å². The molecule has 0 saturated carbocycles. The Labute approximate surface area is 170 Å². The van der Waals surface area contributed by atoms with Crippen LogP contribution in [0.4, 0.5) is 15.9 Å². The first kappa shape index (κ1) is 18.6. The van der Waals surface area contributed by atoms with Crippen molar-refractivity contribution in [2.24, 2.45) is 0 Å². The molecule has 0 saturated heterocycles. The van der Waals surface area contributed by atoms with Crippen LogP contribution in [0.15, 0.2) is 66.9 Å². The Balaban J connectivity index is 1.60. The number of nitrogens with two attached hydrogens (primary N) is 1. The van der Waals surface area contributed by atoms with Gasteiger partial charge in [0.25, 0.3) is 5.91 Å². The highest BCUT2D eigenvalue weighted by Crippen LogP contribution is 2.32. The van der Waals surface area contributed by atoms with Crippen LogP contribution in [-0.4, -0.2) is 20.9 Å². The smallest absolute Gasteiger partial charge is 0.274 e. The number of hydrogen-bond acceptors (Lipinski definition) is 4. The lowest BCUT2D eigenvalue weighted by molar-refractivity contribution is 0.102. The average Bonchev–Trinajstić information content (AvgIpc) is 3.10. The van der Waals surface area contributed by atoms with Crippen molar-refractivity contribution in [2.75, 3.05) is 11.1 Å². The minimum atomic E-state index is -0.510. The number of nitrogens with zero attached hydrogens (tertiary/aromatic N) is 2. The monoisotopic (exact) mass is 407 g/mol. The van der Waals surface area contributed by atoms with Crippen LogP contribution in [0.5, 0.6) is 0 Å². The summed E-state index contributed by atoms with van der Waals surface area (Å²) < 4.78 is 14.2. The number of anilines is 2. The van der Waals surface area contributed by atoms with E-state index >= 15 is 0 Å². The van der Waals surface area contributed by atoms with Crippen molar-refractivity contribution in [3.05, 3.63) is 83.4 Å². The van der Waals surface area contributed by atoms with Gasteiger partial charge in [0.1, 0.15) is 28.8 Å². The first-order chi connectivity index (χ1) is 14.0. The number of nitrogen functional groups attached to an aromatic ring is 1. The van der Waals surface area contributed by atoms with Crippen molar-refractivity contribution in [3.8, 4) is 22.6 Å². The van der Waals surface area contributed by atoms with Gasteiger partial charge in [0.2, 0.25) is 0 Å². The number of carbonyl (C=O) groups is 1. The second kappa shape index (κ2) is 7.73. The minimum absolute atomic E-state index is 0.138. The number of aromatic amines is 1. The maximum atomic E-state index is 14.2. The molecule has 0 radical (unpaired) electrons. The van der Waals surface area contributed by atoms with Crippen LogP contribution in [0.3, 0.4) is 0 Å². The van der Waals surface area contributed by atoms with Gasteiger partial charge >= 0.3 is 0 Å². The summed E-state index contributed by atoms with van der Waals surface area (Å²) in [6.45, 7) is 0. The van der Waals surface area contributed by atoms with Crippen molar-refractivity contribution in [2.45, 2.75) is 0 Å². The molecule has 4 N–H and O–H groups in total. The Morgan fingerprint density at radius 2 is 1.86 bits per heavy atom. The predicted octanol–water partition coefficient (Wildman–Crippen LogP) is 4.77. The third kappa shape index (κ3) is 3.81. The van der Waals surface area contributed by atoms with Gasteiger partial charge in [-0.3, -0.25) is 9.78 Å². The number of carbonyl (C=O) groups excluding carboxylic acids is 1. The highest BCUT2D eigenvalue weighted by molar-refractivity contribution is 6.33. The number of para-hydroxylation sites is 1. The minimum Gasteiger partial charge on any atom is -0.383 e. The van der Waals surface area contributed by atoms with Crippen LogP contribution in [-0.2, 0) is 0 Å².